The zero-order valence-electron chi connectivity index (χ0n) is 11.5. The lowest BCUT2D eigenvalue weighted by atomic mass is 9.84. The van der Waals surface area contributed by atoms with Crippen LogP contribution >= 0.6 is 11.6 Å². The Labute approximate surface area is 119 Å². The summed E-state index contributed by atoms with van der Waals surface area (Å²) in [4.78, 5) is 0. The summed E-state index contributed by atoms with van der Waals surface area (Å²) in [6.45, 7) is 5.60. The Balaban J connectivity index is 2.33. The van der Waals surface area contributed by atoms with Gasteiger partial charge in [0.25, 0.3) is 0 Å². The van der Waals surface area contributed by atoms with Crippen LogP contribution in [-0.4, -0.2) is 18.8 Å². The molecule has 1 aliphatic heterocycles. The Kier molecular flexibility index (Phi) is 4.82. The minimum atomic E-state index is -0.358. The molecular formula is C15H21ClFNO. The predicted molar refractivity (Wildman–Crippen MR) is 76.0 cm³/mol. The fourth-order valence-corrected chi connectivity index (χ4v) is 2.94. The van der Waals surface area contributed by atoms with Crippen molar-refractivity contribution in [2.45, 2.75) is 44.8 Å². The van der Waals surface area contributed by atoms with Crippen molar-refractivity contribution in [2.24, 2.45) is 0 Å². The maximum Gasteiger partial charge on any atom is 0.129 e. The van der Waals surface area contributed by atoms with Crippen molar-refractivity contribution >= 4 is 11.6 Å². The standard InChI is InChI=1S/C15H21ClFNO/c1-3-18-14(15(2)8-4-5-9-19-15)12-7-6-11(16)10-13(12)17/h6-7,10,14,18H,3-5,8-9H2,1-2H3. The van der Waals surface area contributed by atoms with Crippen molar-refractivity contribution in [1.29, 1.82) is 0 Å². The summed E-state index contributed by atoms with van der Waals surface area (Å²) in [6, 6.07) is 4.72. The van der Waals surface area contributed by atoms with Crippen LogP contribution in [0, 0.1) is 5.82 Å². The molecule has 1 aromatic rings. The molecule has 2 atom stereocenters. The average Bonchev–Trinajstić information content (AvgIpc) is 2.38. The monoisotopic (exact) mass is 285 g/mol. The van der Waals surface area contributed by atoms with Gasteiger partial charge in [-0.25, -0.2) is 4.39 Å². The Morgan fingerprint density at radius 3 is 2.84 bits per heavy atom. The minimum absolute atomic E-state index is 0.143. The van der Waals surface area contributed by atoms with E-state index in [1.54, 1.807) is 12.1 Å². The van der Waals surface area contributed by atoms with Crippen LogP contribution in [0.4, 0.5) is 4.39 Å². The van der Waals surface area contributed by atoms with Gasteiger partial charge in [0.15, 0.2) is 0 Å². The molecule has 2 unspecified atom stereocenters. The molecule has 0 bridgehead atoms. The van der Waals surface area contributed by atoms with E-state index >= 15 is 0 Å². The molecule has 0 spiro atoms. The minimum Gasteiger partial charge on any atom is -0.373 e. The van der Waals surface area contributed by atoms with Gasteiger partial charge in [0.2, 0.25) is 0 Å². The predicted octanol–water partition coefficient (Wildman–Crippen LogP) is 4.09. The molecule has 1 fully saturated rings. The first-order valence-electron chi connectivity index (χ1n) is 6.89. The van der Waals surface area contributed by atoms with Gasteiger partial charge in [0.1, 0.15) is 5.82 Å². The molecule has 2 rings (SSSR count). The van der Waals surface area contributed by atoms with E-state index in [-0.39, 0.29) is 17.5 Å². The third-order valence-corrected chi connectivity index (χ3v) is 4.03. The first-order valence-corrected chi connectivity index (χ1v) is 7.27. The third kappa shape index (κ3) is 3.28. The lowest BCUT2D eigenvalue weighted by Gasteiger charge is -2.41. The molecule has 1 heterocycles. The smallest absolute Gasteiger partial charge is 0.129 e. The fourth-order valence-electron chi connectivity index (χ4n) is 2.78. The first-order chi connectivity index (χ1) is 9.07. The van der Waals surface area contributed by atoms with Crippen molar-refractivity contribution in [3.63, 3.8) is 0 Å². The molecule has 2 nitrogen and oxygen atoms in total. The van der Waals surface area contributed by atoms with Gasteiger partial charge in [-0.15, -0.1) is 0 Å². The summed E-state index contributed by atoms with van der Waals surface area (Å²) in [7, 11) is 0. The number of likely N-dealkylation sites (N-methyl/N-ethyl adjacent to an activating group) is 1. The number of hydrogen-bond acceptors (Lipinski definition) is 2. The van der Waals surface area contributed by atoms with Crippen molar-refractivity contribution in [3.8, 4) is 0 Å². The van der Waals surface area contributed by atoms with E-state index in [9.17, 15) is 4.39 Å². The van der Waals surface area contributed by atoms with Crippen LogP contribution < -0.4 is 5.32 Å². The highest BCUT2D eigenvalue weighted by atomic mass is 35.5. The Bertz CT molecular complexity index is 432. The van der Waals surface area contributed by atoms with Crippen LogP contribution in [-0.2, 0) is 4.74 Å². The quantitative estimate of drug-likeness (QED) is 0.900. The number of benzene rings is 1. The number of nitrogens with one attached hydrogen (secondary N) is 1. The molecule has 1 N–H and O–H groups in total. The van der Waals surface area contributed by atoms with Crippen molar-refractivity contribution in [2.75, 3.05) is 13.2 Å². The van der Waals surface area contributed by atoms with Gasteiger partial charge >= 0.3 is 0 Å². The number of hydrogen-bond donors (Lipinski definition) is 1. The summed E-state index contributed by atoms with van der Waals surface area (Å²) in [6.07, 6.45) is 3.14. The molecule has 1 aromatic carbocycles. The summed E-state index contributed by atoms with van der Waals surface area (Å²) >= 11 is 5.83. The highest BCUT2D eigenvalue weighted by Crippen LogP contribution is 2.37. The molecule has 1 saturated heterocycles. The second-order valence-electron chi connectivity index (χ2n) is 5.27. The zero-order valence-corrected chi connectivity index (χ0v) is 12.3. The van der Waals surface area contributed by atoms with Crippen molar-refractivity contribution in [3.05, 3.63) is 34.6 Å². The molecular weight excluding hydrogens is 265 g/mol. The summed E-state index contributed by atoms with van der Waals surface area (Å²) in [5, 5.41) is 3.78. The van der Waals surface area contributed by atoms with Crippen LogP contribution in [0.2, 0.25) is 5.02 Å². The van der Waals surface area contributed by atoms with E-state index in [4.69, 9.17) is 16.3 Å². The lowest BCUT2D eigenvalue weighted by molar-refractivity contribution is -0.0901. The molecule has 1 aliphatic rings. The molecule has 0 amide bonds. The van der Waals surface area contributed by atoms with Crippen molar-refractivity contribution in [1.82, 2.24) is 5.32 Å². The van der Waals surface area contributed by atoms with Crippen LogP contribution in [0.1, 0.15) is 44.7 Å². The van der Waals surface area contributed by atoms with Crippen LogP contribution in [0.25, 0.3) is 0 Å². The van der Waals surface area contributed by atoms with E-state index in [0.29, 0.717) is 10.6 Å². The highest BCUT2D eigenvalue weighted by Gasteiger charge is 2.38. The number of halogens is 2. The zero-order chi connectivity index (χ0) is 13.9. The second-order valence-corrected chi connectivity index (χ2v) is 5.71. The Morgan fingerprint density at radius 2 is 2.26 bits per heavy atom. The molecule has 106 valence electrons. The van der Waals surface area contributed by atoms with Crippen LogP contribution in [0.5, 0.6) is 0 Å². The van der Waals surface area contributed by atoms with Gasteiger partial charge in [-0.3, -0.25) is 0 Å². The van der Waals surface area contributed by atoms with E-state index in [0.717, 1.165) is 32.4 Å². The maximum absolute atomic E-state index is 14.2. The highest BCUT2D eigenvalue weighted by molar-refractivity contribution is 6.30. The Hall–Kier alpha value is -0.640. The lowest BCUT2D eigenvalue weighted by Crippen LogP contribution is -2.46. The summed E-state index contributed by atoms with van der Waals surface area (Å²) < 4.78 is 20.1. The third-order valence-electron chi connectivity index (χ3n) is 3.79. The summed E-state index contributed by atoms with van der Waals surface area (Å²) in [5.41, 5.74) is 0.277. The topological polar surface area (TPSA) is 21.3 Å². The maximum atomic E-state index is 14.2. The van der Waals surface area contributed by atoms with Crippen molar-refractivity contribution < 1.29 is 9.13 Å². The SMILES string of the molecule is CCNC(c1ccc(Cl)cc1F)C1(C)CCCCO1. The fraction of sp³-hybridized carbons (Fsp3) is 0.600. The largest absolute Gasteiger partial charge is 0.373 e. The van der Waals surface area contributed by atoms with E-state index in [1.807, 2.05) is 6.92 Å². The van der Waals surface area contributed by atoms with E-state index < -0.39 is 0 Å². The van der Waals surface area contributed by atoms with E-state index in [2.05, 4.69) is 12.2 Å². The molecule has 0 aliphatic carbocycles. The second kappa shape index (κ2) is 6.21. The Morgan fingerprint density at radius 1 is 1.47 bits per heavy atom. The van der Waals surface area contributed by atoms with Gasteiger partial charge in [-0.1, -0.05) is 24.6 Å². The number of rotatable bonds is 4. The molecule has 0 saturated carbocycles. The first kappa shape index (κ1) is 14.8. The van der Waals surface area contributed by atoms with Crippen LogP contribution in [0.15, 0.2) is 18.2 Å². The van der Waals surface area contributed by atoms with Gasteiger partial charge in [-0.05, 0) is 44.9 Å². The molecule has 19 heavy (non-hydrogen) atoms. The van der Waals surface area contributed by atoms with Crippen LogP contribution in [0.3, 0.4) is 0 Å². The molecule has 0 radical (unpaired) electrons. The number of ether oxygens (including phenoxy) is 1. The van der Waals surface area contributed by atoms with Gasteiger partial charge in [-0.2, -0.15) is 0 Å². The van der Waals surface area contributed by atoms with Gasteiger partial charge in [0, 0.05) is 17.2 Å². The van der Waals surface area contributed by atoms with Gasteiger partial charge < -0.3 is 10.1 Å². The van der Waals surface area contributed by atoms with Gasteiger partial charge in [0.05, 0.1) is 11.6 Å². The normalized spacial score (nSPS) is 25.3. The van der Waals surface area contributed by atoms with E-state index in [1.165, 1.54) is 6.07 Å². The average molecular weight is 286 g/mol. The molecule has 0 aromatic heterocycles. The molecule has 4 heteroatoms. The summed E-state index contributed by atoms with van der Waals surface area (Å²) in [5.74, 6) is -0.270.